The number of amides is 2. The molecule has 2 heterocycles. The van der Waals surface area contributed by atoms with Crippen LogP contribution in [0.15, 0.2) is 73.2 Å². The molecule has 0 unspecified atom stereocenters. The zero-order chi connectivity index (χ0) is 23.2. The third-order valence-corrected chi connectivity index (χ3v) is 5.02. The number of aryl methyl sites for hydroxylation is 3. The fraction of sp³-hybridized carbons (Fsp3) is 0.120. The number of hydrogen-bond acceptors (Lipinski definition) is 6. The molecule has 2 amide bonds. The Morgan fingerprint density at radius 3 is 2.00 bits per heavy atom. The maximum atomic E-state index is 12.3. The molecule has 0 aliphatic rings. The minimum Gasteiger partial charge on any atom is -0.340 e. The molecule has 2 aromatic heterocycles. The highest BCUT2D eigenvalue weighted by Gasteiger charge is 2.05. The second-order valence-electron chi connectivity index (χ2n) is 7.71. The molecule has 0 saturated heterocycles. The molecule has 0 radical (unpaired) electrons. The molecule has 8 nitrogen and oxygen atoms in total. The SMILES string of the molecule is Cc1ccnc(Nc2cc(Nc3ccc(NC(=O)Nc4ccc(C)c(C)c4)cc3)ncn2)c1. The third-order valence-electron chi connectivity index (χ3n) is 5.02. The molecule has 0 saturated carbocycles. The van der Waals surface area contributed by atoms with Crippen LogP contribution in [0.4, 0.5) is 39.3 Å². The van der Waals surface area contributed by atoms with Crippen molar-refractivity contribution in [1.82, 2.24) is 15.0 Å². The first-order valence-electron chi connectivity index (χ1n) is 10.5. The van der Waals surface area contributed by atoms with E-state index in [0.29, 0.717) is 23.1 Å². The average Bonchev–Trinajstić information content (AvgIpc) is 2.78. The molecule has 33 heavy (non-hydrogen) atoms. The molecule has 0 atom stereocenters. The lowest BCUT2D eigenvalue weighted by Gasteiger charge is -2.11. The van der Waals surface area contributed by atoms with E-state index in [4.69, 9.17) is 0 Å². The zero-order valence-corrected chi connectivity index (χ0v) is 18.7. The van der Waals surface area contributed by atoms with Gasteiger partial charge in [-0.25, -0.2) is 19.7 Å². The lowest BCUT2D eigenvalue weighted by atomic mass is 10.1. The van der Waals surface area contributed by atoms with Crippen LogP contribution >= 0.6 is 0 Å². The van der Waals surface area contributed by atoms with Gasteiger partial charge in [0.2, 0.25) is 0 Å². The number of urea groups is 1. The number of carbonyl (C=O) groups excluding carboxylic acids is 1. The number of aromatic nitrogens is 3. The fourth-order valence-corrected chi connectivity index (χ4v) is 3.13. The largest absolute Gasteiger partial charge is 0.340 e. The van der Waals surface area contributed by atoms with Crippen LogP contribution < -0.4 is 21.3 Å². The van der Waals surface area contributed by atoms with Crippen LogP contribution in [-0.4, -0.2) is 21.0 Å². The summed E-state index contributed by atoms with van der Waals surface area (Å²) >= 11 is 0. The van der Waals surface area contributed by atoms with Gasteiger partial charge in [-0.05, 0) is 86.0 Å². The predicted molar refractivity (Wildman–Crippen MR) is 133 cm³/mol. The number of anilines is 6. The summed E-state index contributed by atoms with van der Waals surface area (Å²) in [7, 11) is 0. The van der Waals surface area contributed by atoms with Crippen molar-refractivity contribution in [1.29, 1.82) is 0 Å². The van der Waals surface area contributed by atoms with Gasteiger partial charge in [-0.15, -0.1) is 0 Å². The molecule has 0 aliphatic carbocycles. The van der Waals surface area contributed by atoms with Crippen molar-refractivity contribution in [3.8, 4) is 0 Å². The third kappa shape index (κ3) is 6.04. The fourth-order valence-electron chi connectivity index (χ4n) is 3.13. The van der Waals surface area contributed by atoms with Crippen molar-refractivity contribution in [2.24, 2.45) is 0 Å². The summed E-state index contributed by atoms with van der Waals surface area (Å²) in [6, 6.07) is 18.6. The second-order valence-corrected chi connectivity index (χ2v) is 7.71. The van der Waals surface area contributed by atoms with Gasteiger partial charge in [0.05, 0.1) is 0 Å². The first-order chi connectivity index (χ1) is 15.9. The summed E-state index contributed by atoms with van der Waals surface area (Å²) < 4.78 is 0. The molecular formula is C25H25N7O. The van der Waals surface area contributed by atoms with Crippen LogP contribution in [0.5, 0.6) is 0 Å². The van der Waals surface area contributed by atoms with E-state index in [0.717, 1.165) is 22.5 Å². The topological polar surface area (TPSA) is 104 Å². The highest BCUT2D eigenvalue weighted by molar-refractivity contribution is 5.99. The monoisotopic (exact) mass is 439 g/mol. The van der Waals surface area contributed by atoms with E-state index in [2.05, 4.69) is 36.2 Å². The molecule has 4 aromatic rings. The number of benzene rings is 2. The highest BCUT2D eigenvalue weighted by Crippen LogP contribution is 2.21. The number of rotatable bonds is 6. The number of hydrogen-bond donors (Lipinski definition) is 4. The number of nitrogens with zero attached hydrogens (tertiary/aromatic N) is 3. The minimum atomic E-state index is -0.296. The molecule has 0 spiro atoms. The Morgan fingerprint density at radius 1 is 0.636 bits per heavy atom. The molecule has 0 fully saturated rings. The summed E-state index contributed by atoms with van der Waals surface area (Å²) in [4.78, 5) is 25.1. The van der Waals surface area contributed by atoms with Crippen LogP contribution in [0.1, 0.15) is 16.7 Å². The standard InChI is InChI=1S/C25H25N7O/c1-16-10-11-26-22(12-16)32-24-14-23(27-15-28-24)29-19-6-8-20(9-7-19)30-25(33)31-21-5-4-17(2)18(3)13-21/h4-15H,1-3H3,(H2,30,31,33)(H2,26,27,28,29,32). The molecular weight excluding hydrogens is 414 g/mol. The zero-order valence-electron chi connectivity index (χ0n) is 18.7. The predicted octanol–water partition coefficient (Wildman–Crippen LogP) is 5.93. The van der Waals surface area contributed by atoms with E-state index in [1.807, 2.05) is 75.4 Å². The van der Waals surface area contributed by atoms with Gasteiger partial charge in [-0.3, -0.25) is 0 Å². The van der Waals surface area contributed by atoms with Crippen molar-refractivity contribution in [3.63, 3.8) is 0 Å². The van der Waals surface area contributed by atoms with E-state index in [9.17, 15) is 4.79 Å². The normalized spacial score (nSPS) is 10.4. The van der Waals surface area contributed by atoms with E-state index >= 15 is 0 Å². The first kappa shape index (κ1) is 21.8. The van der Waals surface area contributed by atoms with Crippen molar-refractivity contribution in [2.45, 2.75) is 20.8 Å². The minimum absolute atomic E-state index is 0.296. The van der Waals surface area contributed by atoms with Crippen molar-refractivity contribution in [3.05, 3.63) is 89.9 Å². The number of nitrogens with one attached hydrogen (secondary N) is 4. The molecule has 0 aliphatic heterocycles. The Balaban J connectivity index is 1.35. The van der Waals surface area contributed by atoms with Gasteiger partial charge in [0, 0.05) is 29.3 Å². The Hall–Kier alpha value is -4.46. The summed E-state index contributed by atoms with van der Waals surface area (Å²) in [5.41, 5.74) is 5.68. The molecule has 166 valence electrons. The lowest BCUT2D eigenvalue weighted by molar-refractivity contribution is 0.262. The van der Waals surface area contributed by atoms with Gasteiger partial charge in [0.1, 0.15) is 23.8 Å². The van der Waals surface area contributed by atoms with Crippen molar-refractivity contribution < 1.29 is 4.79 Å². The second kappa shape index (κ2) is 9.78. The van der Waals surface area contributed by atoms with Crippen molar-refractivity contribution >= 4 is 40.5 Å². The van der Waals surface area contributed by atoms with Crippen molar-refractivity contribution in [2.75, 3.05) is 21.3 Å². The Morgan fingerprint density at radius 2 is 1.27 bits per heavy atom. The van der Waals surface area contributed by atoms with E-state index in [1.54, 1.807) is 12.3 Å². The highest BCUT2D eigenvalue weighted by atomic mass is 16.2. The van der Waals surface area contributed by atoms with Gasteiger partial charge in [0.25, 0.3) is 0 Å². The number of pyridine rings is 1. The number of carbonyl (C=O) groups is 1. The smallest absolute Gasteiger partial charge is 0.323 e. The Bertz CT molecular complexity index is 1270. The van der Waals surface area contributed by atoms with Gasteiger partial charge < -0.3 is 21.3 Å². The van der Waals surface area contributed by atoms with Gasteiger partial charge in [-0.2, -0.15) is 0 Å². The van der Waals surface area contributed by atoms with Crippen LogP contribution in [-0.2, 0) is 0 Å². The van der Waals surface area contributed by atoms with Gasteiger partial charge in [0.15, 0.2) is 0 Å². The van der Waals surface area contributed by atoms with Crippen LogP contribution in [0.2, 0.25) is 0 Å². The van der Waals surface area contributed by atoms with Gasteiger partial charge in [-0.1, -0.05) is 6.07 Å². The van der Waals surface area contributed by atoms with Gasteiger partial charge >= 0.3 is 6.03 Å². The van der Waals surface area contributed by atoms with Crippen LogP contribution in [0, 0.1) is 20.8 Å². The summed E-state index contributed by atoms with van der Waals surface area (Å²) in [6.07, 6.45) is 3.23. The first-order valence-corrected chi connectivity index (χ1v) is 10.5. The summed E-state index contributed by atoms with van der Waals surface area (Å²) in [5.74, 6) is 1.98. The Kier molecular flexibility index (Phi) is 6.45. The maximum Gasteiger partial charge on any atom is 0.323 e. The molecule has 4 rings (SSSR count). The molecule has 2 aromatic carbocycles. The average molecular weight is 440 g/mol. The maximum absolute atomic E-state index is 12.3. The summed E-state index contributed by atoms with van der Waals surface area (Å²) in [6.45, 7) is 6.06. The van der Waals surface area contributed by atoms with Crippen LogP contribution in [0.25, 0.3) is 0 Å². The van der Waals surface area contributed by atoms with E-state index < -0.39 is 0 Å². The van der Waals surface area contributed by atoms with E-state index in [1.165, 1.54) is 11.9 Å². The quantitative estimate of drug-likeness (QED) is 0.297. The Labute approximate surface area is 192 Å². The van der Waals surface area contributed by atoms with Crippen LogP contribution in [0.3, 0.4) is 0 Å². The molecule has 8 heteroatoms. The van der Waals surface area contributed by atoms with E-state index in [-0.39, 0.29) is 6.03 Å². The molecule has 0 bridgehead atoms. The summed E-state index contributed by atoms with van der Waals surface area (Å²) in [5, 5.41) is 12.1. The lowest BCUT2D eigenvalue weighted by Crippen LogP contribution is -2.19. The molecule has 4 N–H and O–H groups in total.